The standard InChI is InChI=1S/C14H22N2OS/c1-17-14(7-2-3-8-14)13-16-12-10(9-15)5-4-6-11(12)18-13/h10H,2-9,15H2,1H3. The van der Waals surface area contributed by atoms with Crippen LogP contribution in [0.25, 0.3) is 0 Å². The lowest BCUT2D eigenvalue weighted by atomic mass is 9.91. The molecule has 1 saturated carbocycles. The van der Waals surface area contributed by atoms with E-state index in [1.54, 1.807) is 0 Å². The van der Waals surface area contributed by atoms with Crippen LogP contribution in [0.2, 0.25) is 0 Å². The fourth-order valence-corrected chi connectivity index (χ4v) is 4.80. The zero-order valence-corrected chi connectivity index (χ0v) is 11.9. The van der Waals surface area contributed by atoms with Crippen molar-refractivity contribution >= 4 is 11.3 Å². The van der Waals surface area contributed by atoms with Gasteiger partial charge >= 0.3 is 0 Å². The number of nitrogens with zero attached hydrogens (tertiary/aromatic N) is 1. The number of hydrogen-bond donors (Lipinski definition) is 1. The van der Waals surface area contributed by atoms with Crippen molar-refractivity contribution in [2.45, 2.75) is 56.5 Å². The van der Waals surface area contributed by atoms with Gasteiger partial charge in [0.05, 0.1) is 5.69 Å². The summed E-state index contributed by atoms with van der Waals surface area (Å²) in [6.45, 7) is 0.732. The molecule has 0 saturated heterocycles. The molecule has 3 nitrogen and oxygen atoms in total. The fraction of sp³-hybridized carbons (Fsp3) is 0.786. The second-order valence-corrected chi connectivity index (χ2v) is 6.64. The van der Waals surface area contributed by atoms with Crippen LogP contribution >= 0.6 is 11.3 Å². The first kappa shape index (κ1) is 12.6. The van der Waals surface area contributed by atoms with E-state index in [2.05, 4.69) is 0 Å². The number of hydrogen-bond acceptors (Lipinski definition) is 4. The van der Waals surface area contributed by atoms with E-state index in [0.29, 0.717) is 5.92 Å². The van der Waals surface area contributed by atoms with Crippen molar-refractivity contribution in [1.29, 1.82) is 0 Å². The minimum absolute atomic E-state index is 0.0822. The van der Waals surface area contributed by atoms with Gasteiger partial charge < -0.3 is 10.5 Å². The number of aryl methyl sites for hydroxylation is 1. The lowest BCUT2D eigenvalue weighted by molar-refractivity contribution is -0.00899. The summed E-state index contributed by atoms with van der Waals surface area (Å²) >= 11 is 1.88. The lowest BCUT2D eigenvalue weighted by Gasteiger charge is -2.24. The Morgan fingerprint density at radius 2 is 2.17 bits per heavy atom. The van der Waals surface area contributed by atoms with Gasteiger partial charge in [0.1, 0.15) is 10.6 Å². The number of ether oxygens (including phenoxy) is 1. The van der Waals surface area contributed by atoms with Crippen molar-refractivity contribution in [1.82, 2.24) is 4.98 Å². The highest BCUT2D eigenvalue weighted by molar-refractivity contribution is 7.11. The Kier molecular flexibility index (Phi) is 3.43. The molecule has 3 rings (SSSR count). The summed E-state index contributed by atoms with van der Waals surface area (Å²) in [7, 11) is 1.84. The van der Waals surface area contributed by atoms with Gasteiger partial charge in [-0.15, -0.1) is 11.3 Å². The lowest BCUT2D eigenvalue weighted by Crippen LogP contribution is -2.24. The van der Waals surface area contributed by atoms with Crippen LogP contribution in [-0.2, 0) is 16.8 Å². The van der Waals surface area contributed by atoms with E-state index in [4.69, 9.17) is 15.5 Å². The van der Waals surface area contributed by atoms with Crippen LogP contribution in [0.1, 0.15) is 60.0 Å². The van der Waals surface area contributed by atoms with E-state index in [1.807, 2.05) is 18.4 Å². The highest BCUT2D eigenvalue weighted by atomic mass is 32.1. The van der Waals surface area contributed by atoms with E-state index in [0.717, 1.165) is 19.4 Å². The number of aromatic nitrogens is 1. The molecule has 1 unspecified atom stereocenters. The SMILES string of the molecule is COC1(c2nc3c(s2)CCCC3CN)CCCC1. The van der Waals surface area contributed by atoms with Crippen molar-refractivity contribution in [3.63, 3.8) is 0 Å². The first-order valence-electron chi connectivity index (χ1n) is 7.04. The molecule has 0 aliphatic heterocycles. The monoisotopic (exact) mass is 266 g/mol. The molecule has 2 N–H and O–H groups in total. The summed E-state index contributed by atoms with van der Waals surface area (Å²) in [4.78, 5) is 6.41. The molecule has 0 amide bonds. The second kappa shape index (κ2) is 4.91. The van der Waals surface area contributed by atoms with E-state index in [1.165, 1.54) is 47.7 Å². The van der Waals surface area contributed by atoms with Crippen molar-refractivity contribution in [3.05, 3.63) is 15.6 Å². The Bertz CT molecular complexity index is 423. The maximum absolute atomic E-state index is 5.88. The molecule has 2 aliphatic carbocycles. The number of thiazole rings is 1. The average molecular weight is 266 g/mol. The smallest absolute Gasteiger partial charge is 0.125 e. The van der Waals surface area contributed by atoms with E-state index in [-0.39, 0.29) is 5.60 Å². The maximum atomic E-state index is 5.88. The first-order valence-corrected chi connectivity index (χ1v) is 7.86. The van der Waals surface area contributed by atoms with Gasteiger partial charge in [-0.05, 0) is 32.1 Å². The van der Waals surface area contributed by atoms with Gasteiger partial charge in [-0.1, -0.05) is 12.8 Å². The van der Waals surface area contributed by atoms with Crippen molar-refractivity contribution < 1.29 is 4.74 Å². The zero-order chi connectivity index (χ0) is 12.6. The first-order chi connectivity index (χ1) is 8.79. The van der Waals surface area contributed by atoms with Gasteiger partial charge in [0.15, 0.2) is 0 Å². The summed E-state index contributed by atoms with van der Waals surface area (Å²) in [5, 5.41) is 1.22. The quantitative estimate of drug-likeness (QED) is 0.915. The third kappa shape index (κ3) is 1.91. The molecule has 4 heteroatoms. The Labute approximate surface area is 113 Å². The van der Waals surface area contributed by atoms with Crippen LogP contribution in [-0.4, -0.2) is 18.6 Å². The minimum Gasteiger partial charge on any atom is -0.371 e. The van der Waals surface area contributed by atoms with Crippen LogP contribution in [0, 0.1) is 0 Å². The molecule has 1 atom stereocenters. The molecular formula is C14H22N2OS. The number of nitrogens with two attached hydrogens (primary N) is 1. The molecule has 1 aromatic rings. The minimum atomic E-state index is -0.0822. The van der Waals surface area contributed by atoms with Crippen LogP contribution in [0.5, 0.6) is 0 Å². The predicted molar refractivity (Wildman–Crippen MR) is 74.0 cm³/mol. The van der Waals surface area contributed by atoms with Crippen molar-refractivity contribution in [2.75, 3.05) is 13.7 Å². The van der Waals surface area contributed by atoms with Gasteiger partial charge in [0.25, 0.3) is 0 Å². The van der Waals surface area contributed by atoms with Crippen LogP contribution in [0.15, 0.2) is 0 Å². The van der Waals surface area contributed by atoms with Gasteiger partial charge in [0, 0.05) is 24.4 Å². The Morgan fingerprint density at radius 3 is 2.83 bits per heavy atom. The third-order valence-electron chi connectivity index (χ3n) is 4.55. The highest BCUT2D eigenvalue weighted by Crippen LogP contribution is 2.46. The van der Waals surface area contributed by atoms with E-state index >= 15 is 0 Å². The zero-order valence-electron chi connectivity index (χ0n) is 11.1. The van der Waals surface area contributed by atoms with Crippen LogP contribution in [0.3, 0.4) is 0 Å². The summed E-state index contributed by atoms with van der Waals surface area (Å²) in [5.74, 6) is 0.481. The van der Waals surface area contributed by atoms with Gasteiger partial charge in [-0.25, -0.2) is 4.98 Å². The molecule has 1 heterocycles. The van der Waals surface area contributed by atoms with E-state index < -0.39 is 0 Å². The molecule has 2 aliphatic rings. The molecule has 18 heavy (non-hydrogen) atoms. The highest BCUT2D eigenvalue weighted by Gasteiger charge is 2.40. The van der Waals surface area contributed by atoms with Crippen molar-refractivity contribution in [3.8, 4) is 0 Å². The summed E-state index contributed by atoms with van der Waals surface area (Å²) in [6.07, 6.45) is 8.43. The van der Waals surface area contributed by atoms with Gasteiger partial charge in [-0.2, -0.15) is 0 Å². The fourth-order valence-electron chi connectivity index (χ4n) is 3.38. The van der Waals surface area contributed by atoms with Crippen LogP contribution < -0.4 is 5.73 Å². The Hall–Kier alpha value is -0.450. The van der Waals surface area contributed by atoms with Crippen molar-refractivity contribution in [2.24, 2.45) is 5.73 Å². The largest absolute Gasteiger partial charge is 0.371 e. The molecule has 0 radical (unpaired) electrons. The summed E-state index contributed by atoms with van der Waals surface area (Å²) < 4.78 is 5.85. The predicted octanol–water partition coefficient (Wildman–Crippen LogP) is 2.94. The number of rotatable bonds is 3. The molecule has 1 fully saturated rings. The van der Waals surface area contributed by atoms with Gasteiger partial charge in [-0.3, -0.25) is 0 Å². The second-order valence-electron chi connectivity index (χ2n) is 5.56. The van der Waals surface area contributed by atoms with E-state index in [9.17, 15) is 0 Å². The van der Waals surface area contributed by atoms with Crippen LogP contribution in [0.4, 0.5) is 0 Å². The Balaban J connectivity index is 1.96. The molecule has 0 aromatic carbocycles. The summed E-state index contributed by atoms with van der Waals surface area (Å²) in [5.41, 5.74) is 7.08. The number of methoxy groups -OCH3 is 1. The molecule has 0 bridgehead atoms. The average Bonchev–Trinajstić information content (AvgIpc) is 3.04. The molecule has 0 spiro atoms. The van der Waals surface area contributed by atoms with Gasteiger partial charge in [0.2, 0.25) is 0 Å². The molecule has 1 aromatic heterocycles. The Morgan fingerprint density at radius 1 is 1.39 bits per heavy atom. The topological polar surface area (TPSA) is 48.1 Å². The normalized spacial score (nSPS) is 26.2. The summed E-state index contributed by atoms with van der Waals surface area (Å²) in [6, 6.07) is 0. The molecule has 100 valence electrons. The third-order valence-corrected chi connectivity index (χ3v) is 5.86. The maximum Gasteiger partial charge on any atom is 0.125 e. The number of fused-ring (bicyclic) bond motifs is 1. The molecular weight excluding hydrogens is 244 g/mol.